The van der Waals surface area contributed by atoms with Gasteiger partial charge >= 0.3 is 0 Å². The van der Waals surface area contributed by atoms with Crippen LogP contribution in [-0.2, 0) is 9.47 Å². The second-order valence-corrected chi connectivity index (χ2v) is 8.78. The van der Waals surface area contributed by atoms with E-state index in [-0.39, 0.29) is 12.0 Å². The quantitative estimate of drug-likeness (QED) is 0.351. The number of piperidine rings is 1. The molecule has 1 N–H and O–H groups in total. The maximum absolute atomic E-state index is 12.4. The van der Waals surface area contributed by atoms with Gasteiger partial charge in [0.15, 0.2) is 0 Å². The summed E-state index contributed by atoms with van der Waals surface area (Å²) >= 11 is 11.9. The van der Waals surface area contributed by atoms with Crippen LogP contribution in [0.5, 0.6) is 11.5 Å². The highest BCUT2D eigenvalue weighted by molar-refractivity contribution is 6.42. The molecule has 8 heteroatoms. The Kier molecular flexibility index (Phi) is 8.29. The van der Waals surface area contributed by atoms with E-state index in [1.165, 1.54) is 6.07 Å². The third-order valence-electron chi connectivity index (χ3n) is 5.60. The summed E-state index contributed by atoms with van der Waals surface area (Å²) in [6.07, 6.45) is 2.22. The molecule has 6 nitrogen and oxygen atoms in total. The molecule has 0 radical (unpaired) electrons. The summed E-state index contributed by atoms with van der Waals surface area (Å²) in [5.41, 5.74) is 2.25. The minimum atomic E-state index is -0.267. The number of ether oxygens (including phenoxy) is 3. The van der Waals surface area contributed by atoms with Crippen LogP contribution >= 0.6 is 23.2 Å². The number of hydrogen-bond donors (Lipinski definition) is 1. The lowest BCUT2D eigenvalue weighted by Crippen LogP contribution is -2.37. The van der Waals surface area contributed by atoms with Gasteiger partial charge in [0.2, 0.25) is 0 Å². The highest BCUT2D eigenvalue weighted by Gasteiger charge is 2.20. The Labute approximate surface area is 209 Å². The molecule has 4 rings (SSSR count). The van der Waals surface area contributed by atoms with Crippen LogP contribution in [0, 0.1) is 0 Å². The Morgan fingerprint density at radius 2 is 1.59 bits per heavy atom. The summed E-state index contributed by atoms with van der Waals surface area (Å²) in [5, 5.41) is 3.58. The molecule has 1 fully saturated rings. The fourth-order valence-corrected chi connectivity index (χ4v) is 4.05. The highest BCUT2D eigenvalue weighted by Crippen LogP contribution is 2.28. The summed E-state index contributed by atoms with van der Waals surface area (Å²) in [6, 6.07) is 20.0. The number of nitrogens with one attached hydrogen (secondary N) is 1. The SMILES string of the molecule is COCOC1CCN(c2ccc(Oc3ccc(NC(=O)c4ccc(Cl)c(Cl)c4)cc3)cc2)CC1. The van der Waals surface area contributed by atoms with Crippen molar-refractivity contribution >= 4 is 40.5 Å². The lowest BCUT2D eigenvalue weighted by molar-refractivity contribution is -0.0780. The summed E-state index contributed by atoms with van der Waals surface area (Å²) in [5.74, 6) is 1.16. The molecule has 0 saturated carbocycles. The zero-order chi connectivity index (χ0) is 23.9. The van der Waals surface area contributed by atoms with Crippen molar-refractivity contribution in [1.82, 2.24) is 0 Å². The van der Waals surface area contributed by atoms with Gasteiger partial charge in [-0.15, -0.1) is 0 Å². The molecule has 178 valence electrons. The molecule has 1 heterocycles. The highest BCUT2D eigenvalue weighted by atomic mass is 35.5. The predicted molar refractivity (Wildman–Crippen MR) is 136 cm³/mol. The molecule has 1 amide bonds. The molecule has 0 unspecified atom stereocenters. The average molecular weight is 501 g/mol. The van der Waals surface area contributed by atoms with Crippen molar-refractivity contribution < 1.29 is 19.0 Å². The van der Waals surface area contributed by atoms with E-state index in [1.54, 1.807) is 31.4 Å². The zero-order valence-electron chi connectivity index (χ0n) is 18.8. The van der Waals surface area contributed by atoms with E-state index >= 15 is 0 Å². The number of methoxy groups -OCH3 is 1. The lowest BCUT2D eigenvalue weighted by atomic mass is 10.1. The Balaban J connectivity index is 1.29. The Morgan fingerprint density at radius 1 is 0.941 bits per heavy atom. The molecule has 0 aromatic heterocycles. The van der Waals surface area contributed by atoms with Crippen LogP contribution in [-0.4, -0.2) is 39.0 Å². The first-order chi connectivity index (χ1) is 16.5. The molecular weight excluding hydrogens is 475 g/mol. The molecule has 0 atom stereocenters. The predicted octanol–water partition coefficient (Wildman–Crippen LogP) is 6.63. The van der Waals surface area contributed by atoms with Crippen molar-refractivity contribution in [3.63, 3.8) is 0 Å². The second-order valence-electron chi connectivity index (χ2n) is 7.96. The first kappa shape index (κ1) is 24.4. The third-order valence-corrected chi connectivity index (χ3v) is 6.33. The number of halogens is 2. The smallest absolute Gasteiger partial charge is 0.255 e. The summed E-state index contributed by atoms with van der Waals surface area (Å²) in [6.45, 7) is 2.25. The zero-order valence-corrected chi connectivity index (χ0v) is 20.3. The van der Waals surface area contributed by atoms with Gasteiger partial charge in [-0.05, 0) is 79.6 Å². The number of rotatable bonds is 8. The average Bonchev–Trinajstić information content (AvgIpc) is 2.86. The minimum absolute atomic E-state index is 0.260. The normalized spacial score (nSPS) is 14.1. The number of hydrogen-bond acceptors (Lipinski definition) is 5. The van der Waals surface area contributed by atoms with Crippen molar-refractivity contribution in [1.29, 1.82) is 0 Å². The van der Waals surface area contributed by atoms with Crippen molar-refractivity contribution in [2.75, 3.05) is 37.2 Å². The van der Waals surface area contributed by atoms with Crippen molar-refractivity contribution in [3.8, 4) is 11.5 Å². The van der Waals surface area contributed by atoms with Crippen LogP contribution in [0.1, 0.15) is 23.2 Å². The van der Waals surface area contributed by atoms with Gasteiger partial charge in [0, 0.05) is 37.1 Å². The van der Waals surface area contributed by atoms with Gasteiger partial charge in [0.25, 0.3) is 5.91 Å². The van der Waals surface area contributed by atoms with Gasteiger partial charge in [-0.1, -0.05) is 23.2 Å². The monoisotopic (exact) mass is 500 g/mol. The molecule has 0 bridgehead atoms. The van der Waals surface area contributed by atoms with Gasteiger partial charge in [0.1, 0.15) is 18.3 Å². The molecule has 0 spiro atoms. The molecule has 1 saturated heterocycles. The molecule has 3 aromatic carbocycles. The van der Waals surface area contributed by atoms with Crippen LogP contribution in [0.25, 0.3) is 0 Å². The van der Waals surface area contributed by atoms with E-state index in [0.717, 1.165) is 37.4 Å². The Hall–Kier alpha value is -2.77. The number of nitrogens with zero attached hydrogens (tertiary/aromatic N) is 1. The van der Waals surface area contributed by atoms with Gasteiger partial charge in [-0.25, -0.2) is 0 Å². The first-order valence-electron chi connectivity index (χ1n) is 11.0. The van der Waals surface area contributed by atoms with E-state index in [1.807, 2.05) is 24.3 Å². The summed E-state index contributed by atoms with van der Waals surface area (Å²) < 4.78 is 16.6. The molecular formula is C26H26Cl2N2O4. The van der Waals surface area contributed by atoms with Crippen LogP contribution in [0.15, 0.2) is 66.7 Å². The van der Waals surface area contributed by atoms with E-state index in [9.17, 15) is 4.79 Å². The van der Waals surface area contributed by atoms with E-state index < -0.39 is 0 Å². The van der Waals surface area contributed by atoms with E-state index in [4.69, 9.17) is 37.4 Å². The number of carbonyl (C=O) groups is 1. The van der Waals surface area contributed by atoms with E-state index in [2.05, 4.69) is 22.3 Å². The van der Waals surface area contributed by atoms with Gasteiger partial charge in [0.05, 0.1) is 16.1 Å². The molecule has 0 aliphatic carbocycles. The largest absolute Gasteiger partial charge is 0.457 e. The molecule has 1 aliphatic heterocycles. The van der Waals surface area contributed by atoms with Crippen LogP contribution in [0.2, 0.25) is 10.0 Å². The summed E-state index contributed by atoms with van der Waals surface area (Å²) in [7, 11) is 1.64. The standard InChI is InChI=1S/C26H26Cl2N2O4/c1-32-17-33-21-12-14-30(15-13-21)20-5-9-23(10-6-20)34-22-7-3-19(4-8-22)29-26(31)18-2-11-24(27)25(28)16-18/h2-11,16,21H,12-15,17H2,1H3,(H,29,31). The minimum Gasteiger partial charge on any atom is -0.457 e. The van der Waals surface area contributed by atoms with Crippen molar-refractivity contribution in [2.45, 2.75) is 18.9 Å². The fourth-order valence-electron chi connectivity index (χ4n) is 3.75. The second kappa shape index (κ2) is 11.6. The molecule has 3 aromatic rings. The lowest BCUT2D eigenvalue weighted by Gasteiger charge is -2.33. The van der Waals surface area contributed by atoms with Crippen LogP contribution in [0.4, 0.5) is 11.4 Å². The number of carbonyl (C=O) groups excluding carboxylic acids is 1. The molecule has 1 aliphatic rings. The van der Waals surface area contributed by atoms with Crippen molar-refractivity contribution in [3.05, 3.63) is 82.3 Å². The first-order valence-corrected chi connectivity index (χ1v) is 11.8. The van der Waals surface area contributed by atoms with Crippen LogP contribution in [0.3, 0.4) is 0 Å². The number of benzene rings is 3. The van der Waals surface area contributed by atoms with Gasteiger partial charge in [-0.3, -0.25) is 4.79 Å². The van der Waals surface area contributed by atoms with Crippen LogP contribution < -0.4 is 15.0 Å². The topological polar surface area (TPSA) is 60.0 Å². The fraction of sp³-hybridized carbons (Fsp3) is 0.269. The molecule has 34 heavy (non-hydrogen) atoms. The Bertz CT molecular complexity index is 1100. The van der Waals surface area contributed by atoms with Gasteiger partial charge < -0.3 is 24.4 Å². The van der Waals surface area contributed by atoms with Gasteiger partial charge in [-0.2, -0.15) is 0 Å². The number of amides is 1. The maximum Gasteiger partial charge on any atom is 0.255 e. The Morgan fingerprint density at radius 3 is 2.21 bits per heavy atom. The maximum atomic E-state index is 12.4. The number of anilines is 2. The van der Waals surface area contributed by atoms with E-state index in [0.29, 0.717) is 33.8 Å². The summed E-state index contributed by atoms with van der Waals surface area (Å²) in [4.78, 5) is 14.8. The van der Waals surface area contributed by atoms with Crippen molar-refractivity contribution in [2.24, 2.45) is 0 Å². The third kappa shape index (κ3) is 6.42.